The van der Waals surface area contributed by atoms with Gasteiger partial charge in [-0.2, -0.15) is 0 Å². The monoisotopic (exact) mass is 533 g/mol. The van der Waals surface area contributed by atoms with Crippen LogP contribution in [0.15, 0.2) is 64.1 Å². The second-order valence-corrected chi connectivity index (χ2v) is 9.88. The first-order valence-corrected chi connectivity index (χ1v) is 12.6. The molecule has 2 aromatic heterocycles. The number of benzene rings is 2. The Kier molecular flexibility index (Phi) is 6.99. The molecule has 8 nitrogen and oxygen atoms in total. The summed E-state index contributed by atoms with van der Waals surface area (Å²) in [6.45, 7) is 8.25. The number of hydrogen-bond acceptors (Lipinski definition) is 6. The van der Waals surface area contributed by atoms with E-state index in [1.165, 1.54) is 0 Å². The summed E-state index contributed by atoms with van der Waals surface area (Å²) in [5.41, 5.74) is 4.27. The van der Waals surface area contributed by atoms with Gasteiger partial charge in [0, 0.05) is 30.1 Å². The van der Waals surface area contributed by atoms with Gasteiger partial charge in [0.15, 0.2) is 0 Å². The molecule has 1 aliphatic heterocycles. The second kappa shape index (κ2) is 10.4. The maximum Gasteiger partial charge on any atom is 0.340 e. The van der Waals surface area contributed by atoms with E-state index in [0.717, 1.165) is 28.3 Å². The maximum atomic E-state index is 13.7. The minimum Gasteiger partial charge on any atom is -0.497 e. The smallest absolute Gasteiger partial charge is 0.340 e. The van der Waals surface area contributed by atoms with Crippen molar-refractivity contribution >= 4 is 28.5 Å². The minimum atomic E-state index is -0.560. The molecule has 9 heteroatoms. The predicted octanol–water partition coefficient (Wildman–Crippen LogP) is 5.16. The van der Waals surface area contributed by atoms with Crippen LogP contribution in [0, 0.1) is 6.92 Å². The van der Waals surface area contributed by atoms with E-state index in [1.807, 2.05) is 31.2 Å². The van der Waals surface area contributed by atoms with Crippen LogP contribution in [0.5, 0.6) is 11.5 Å². The van der Waals surface area contributed by atoms with Crippen molar-refractivity contribution in [2.75, 3.05) is 20.3 Å². The zero-order valence-corrected chi connectivity index (χ0v) is 22.2. The number of carbonyl (C=O) groups is 1. The number of aromatic nitrogens is 2. The van der Waals surface area contributed by atoms with Crippen molar-refractivity contribution in [1.29, 1.82) is 0 Å². The summed E-state index contributed by atoms with van der Waals surface area (Å²) >= 11 is 6.46. The molecule has 0 fully saturated rings. The highest BCUT2D eigenvalue weighted by Gasteiger charge is 2.34. The Morgan fingerprint density at radius 2 is 2.05 bits per heavy atom. The molecule has 0 unspecified atom stereocenters. The number of H-pyrrole nitrogens is 1. The van der Waals surface area contributed by atoms with Gasteiger partial charge in [-0.3, -0.25) is 4.79 Å². The summed E-state index contributed by atoms with van der Waals surface area (Å²) in [4.78, 5) is 36.3. The van der Waals surface area contributed by atoms with Crippen molar-refractivity contribution in [3.63, 3.8) is 0 Å². The average molecular weight is 534 g/mol. The summed E-state index contributed by atoms with van der Waals surface area (Å²) in [6, 6.07) is 10.5. The third-order valence-electron chi connectivity index (χ3n) is 6.82. The first-order chi connectivity index (χ1) is 18.3. The Morgan fingerprint density at radius 1 is 1.29 bits per heavy atom. The van der Waals surface area contributed by atoms with Crippen molar-refractivity contribution in [2.24, 2.45) is 0 Å². The predicted molar refractivity (Wildman–Crippen MR) is 145 cm³/mol. The van der Waals surface area contributed by atoms with Crippen LogP contribution in [0.3, 0.4) is 0 Å². The summed E-state index contributed by atoms with van der Waals surface area (Å²) in [6.07, 6.45) is 2.18. The summed E-state index contributed by atoms with van der Waals surface area (Å²) in [5.74, 6) is 0.932. The number of nitrogens with one attached hydrogen (secondary N) is 1. The molecule has 5 rings (SSSR count). The zero-order valence-electron chi connectivity index (χ0n) is 21.5. The summed E-state index contributed by atoms with van der Waals surface area (Å²) in [7, 11) is 1.61. The highest BCUT2D eigenvalue weighted by Crippen LogP contribution is 2.36. The van der Waals surface area contributed by atoms with Crippen molar-refractivity contribution in [3.05, 3.63) is 98.4 Å². The molecule has 0 saturated carbocycles. The summed E-state index contributed by atoms with van der Waals surface area (Å²) < 4.78 is 16.6. The number of fused-ring (bicyclic) bond motifs is 2. The second-order valence-electron chi connectivity index (χ2n) is 9.47. The van der Waals surface area contributed by atoms with Crippen LogP contribution in [0.1, 0.15) is 41.0 Å². The quantitative estimate of drug-likeness (QED) is 0.260. The van der Waals surface area contributed by atoms with Crippen LogP contribution in [-0.4, -0.2) is 41.0 Å². The third-order valence-corrected chi connectivity index (χ3v) is 7.11. The molecule has 38 heavy (non-hydrogen) atoms. The SMILES string of the molecule is C=C(C)COc1cc2oc(=O)c(CC(=O)N3CCc4[nH]cnc4[C@@H]3c3ccc(OC)cc3)c(C)c2cc1Cl. The molecule has 0 aliphatic carbocycles. The first kappa shape index (κ1) is 25.6. The molecule has 0 saturated heterocycles. The zero-order chi connectivity index (χ0) is 27.0. The molecule has 0 spiro atoms. The van der Waals surface area contributed by atoms with Crippen LogP contribution in [0.4, 0.5) is 0 Å². The van der Waals surface area contributed by atoms with Gasteiger partial charge in [-0.15, -0.1) is 0 Å². The van der Waals surface area contributed by atoms with Crippen LogP contribution in [0.25, 0.3) is 11.0 Å². The minimum absolute atomic E-state index is 0.109. The lowest BCUT2D eigenvalue weighted by molar-refractivity contribution is -0.132. The van der Waals surface area contributed by atoms with Crippen molar-refractivity contribution < 1.29 is 18.7 Å². The first-order valence-electron chi connectivity index (χ1n) is 12.3. The normalized spacial score (nSPS) is 14.8. The molecule has 0 bridgehead atoms. The molecule has 1 aliphatic rings. The van der Waals surface area contributed by atoms with Gasteiger partial charge in [-0.25, -0.2) is 9.78 Å². The maximum absolute atomic E-state index is 13.7. The summed E-state index contributed by atoms with van der Waals surface area (Å²) in [5, 5.41) is 1.04. The molecule has 1 N–H and O–H groups in total. The number of imidazole rings is 1. The molecule has 1 atom stereocenters. The molecule has 4 aromatic rings. The fourth-order valence-electron chi connectivity index (χ4n) is 4.83. The average Bonchev–Trinajstić information content (AvgIpc) is 3.39. The van der Waals surface area contributed by atoms with Crippen molar-refractivity contribution in [2.45, 2.75) is 32.7 Å². The van der Waals surface area contributed by atoms with Crippen molar-refractivity contribution in [3.8, 4) is 11.5 Å². The van der Waals surface area contributed by atoms with Crippen LogP contribution >= 0.6 is 11.6 Å². The van der Waals surface area contributed by atoms with Crippen LogP contribution in [0.2, 0.25) is 5.02 Å². The lowest BCUT2D eigenvalue weighted by Gasteiger charge is -2.35. The van der Waals surface area contributed by atoms with Gasteiger partial charge in [-0.05, 0) is 48.7 Å². The van der Waals surface area contributed by atoms with E-state index in [4.69, 9.17) is 25.5 Å². The van der Waals surface area contributed by atoms with Gasteiger partial charge in [0.05, 0.1) is 36.1 Å². The Hall–Kier alpha value is -4.04. The van der Waals surface area contributed by atoms with E-state index >= 15 is 0 Å². The fourth-order valence-corrected chi connectivity index (χ4v) is 5.05. The van der Waals surface area contributed by atoms with Gasteiger partial charge in [0.1, 0.15) is 29.7 Å². The molecule has 2 aromatic carbocycles. The number of methoxy groups -OCH3 is 1. The van der Waals surface area contributed by atoms with E-state index in [1.54, 1.807) is 37.4 Å². The number of amides is 1. The number of hydrogen-bond donors (Lipinski definition) is 1. The molecule has 0 radical (unpaired) electrons. The van der Waals surface area contributed by atoms with Gasteiger partial charge in [-0.1, -0.05) is 30.3 Å². The van der Waals surface area contributed by atoms with Crippen LogP contribution < -0.4 is 15.1 Å². The number of ether oxygens (including phenoxy) is 2. The number of aryl methyl sites for hydroxylation is 1. The topological polar surface area (TPSA) is 97.7 Å². The number of rotatable bonds is 7. The van der Waals surface area contributed by atoms with E-state index in [2.05, 4.69) is 16.5 Å². The standard InChI is InChI=1S/C29H28ClN3O5/c1-16(2)14-37-25-13-24-20(11-22(25)30)17(3)21(29(35)38-24)12-26(34)33-10-9-23-27(32-15-31-23)28(33)18-5-7-19(36-4)8-6-18/h5-8,11,13,15,28H,1,9-10,12,14H2,2-4H3,(H,31,32)/t28-/m0/s1. The Labute approximate surface area is 224 Å². The highest BCUT2D eigenvalue weighted by molar-refractivity contribution is 6.32. The van der Waals surface area contributed by atoms with Crippen molar-refractivity contribution in [1.82, 2.24) is 14.9 Å². The largest absolute Gasteiger partial charge is 0.497 e. The molecule has 3 heterocycles. The molecular formula is C29H28ClN3O5. The lowest BCUT2D eigenvalue weighted by atomic mass is 9.94. The van der Waals surface area contributed by atoms with Gasteiger partial charge in [0.2, 0.25) is 5.91 Å². The number of carbonyl (C=O) groups excluding carboxylic acids is 1. The Morgan fingerprint density at radius 3 is 2.76 bits per heavy atom. The Balaban J connectivity index is 1.48. The van der Waals surface area contributed by atoms with Gasteiger partial charge in [0.25, 0.3) is 0 Å². The van der Waals surface area contributed by atoms with Gasteiger partial charge >= 0.3 is 5.63 Å². The number of halogens is 1. The van der Waals surface area contributed by atoms with E-state index in [0.29, 0.717) is 52.4 Å². The molecule has 1 amide bonds. The lowest BCUT2D eigenvalue weighted by Crippen LogP contribution is -2.42. The number of nitrogens with zero attached hydrogens (tertiary/aromatic N) is 2. The third kappa shape index (κ3) is 4.79. The van der Waals surface area contributed by atoms with E-state index in [-0.39, 0.29) is 12.3 Å². The highest BCUT2D eigenvalue weighted by atomic mass is 35.5. The molecule has 196 valence electrons. The van der Waals surface area contributed by atoms with E-state index < -0.39 is 11.7 Å². The fraction of sp³-hybridized carbons (Fsp3) is 0.276. The number of aromatic amines is 1. The van der Waals surface area contributed by atoms with E-state index in [9.17, 15) is 9.59 Å². The van der Waals surface area contributed by atoms with Gasteiger partial charge < -0.3 is 23.8 Å². The van der Waals surface area contributed by atoms with Crippen LogP contribution in [-0.2, 0) is 17.6 Å². The molecular weight excluding hydrogens is 506 g/mol. The Bertz CT molecular complexity index is 1590.